The van der Waals surface area contributed by atoms with Crippen LogP contribution in [0.15, 0.2) is 0 Å². The van der Waals surface area contributed by atoms with Crippen molar-refractivity contribution in [2.75, 3.05) is 0 Å². The second kappa shape index (κ2) is 4.80. The number of hydrogen-bond acceptors (Lipinski definition) is 4. The molecule has 0 spiro atoms. The molecular formula is C12H17N3O3S. The van der Waals surface area contributed by atoms with Gasteiger partial charge in [0.2, 0.25) is 0 Å². The van der Waals surface area contributed by atoms with E-state index < -0.39 is 5.97 Å². The van der Waals surface area contributed by atoms with Crippen molar-refractivity contribution in [1.29, 1.82) is 0 Å². The van der Waals surface area contributed by atoms with Crippen molar-refractivity contribution in [2.24, 2.45) is 5.41 Å². The fraction of sp³-hybridized carbons (Fsp3) is 0.583. The van der Waals surface area contributed by atoms with Crippen LogP contribution in [0.3, 0.4) is 0 Å². The number of carbonyl (C=O) groups excluding carboxylic acids is 1. The highest BCUT2D eigenvalue weighted by molar-refractivity contribution is 7.13. The summed E-state index contributed by atoms with van der Waals surface area (Å²) < 4.78 is 0. The predicted octanol–water partition coefficient (Wildman–Crippen LogP) is 1.75. The lowest BCUT2D eigenvalue weighted by Gasteiger charge is -2.07. The number of nitrogens with one attached hydrogen (secondary N) is 2. The number of carboxylic acids is 1. The van der Waals surface area contributed by atoms with Gasteiger partial charge in [-0.05, 0) is 18.8 Å². The fourth-order valence-corrected chi connectivity index (χ4v) is 2.65. The van der Waals surface area contributed by atoms with Crippen molar-refractivity contribution in [3.8, 4) is 0 Å². The highest BCUT2D eigenvalue weighted by Crippen LogP contribution is 2.44. The van der Waals surface area contributed by atoms with Gasteiger partial charge in [0, 0.05) is 6.04 Å². The molecule has 2 amide bonds. The molecule has 1 fully saturated rings. The molecule has 19 heavy (non-hydrogen) atoms. The molecular weight excluding hydrogens is 266 g/mol. The van der Waals surface area contributed by atoms with Gasteiger partial charge in [-0.15, -0.1) is 11.3 Å². The van der Waals surface area contributed by atoms with Crippen LogP contribution in [0.2, 0.25) is 0 Å². The first kappa shape index (κ1) is 13.8. The summed E-state index contributed by atoms with van der Waals surface area (Å²) in [6.07, 6.45) is 0.986. The van der Waals surface area contributed by atoms with E-state index >= 15 is 0 Å². The van der Waals surface area contributed by atoms with Gasteiger partial charge in [0.25, 0.3) is 0 Å². The van der Waals surface area contributed by atoms with Crippen LogP contribution in [0.4, 0.5) is 4.79 Å². The number of thiazole rings is 1. The number of nitrogens with zero attached hydrogens (tertiary/aromatic N) is 1. The normalized spacial score (nSPS) is 19.8. The van der Waals surface area contributed by atoms with Gasteiger partial charge in [-0.3, -0.25) is 0 Å². The third kappa shape index (κ3) is 3.23. The second-order valence-corrected chi connectivity index (χ2v) is 6.48. The number of aromatic carboxylic acids is 1. The Morgan fingerprint density at radius 2 is 2.16 bits per heavy atom. The van der Waals surface area contributed by atoms with E-state index in [1.54, 1.807) is 6.92 Å². The average Bonchev–Trinajstić information content (AvgIpc) is 2.71. The van der Waals surface area contributed by atoms with E-state index in [9.17, 15) is 9.59 Å². The molecule has 104 valence electrons. The van der Waals surface area contributed by atoms with Gasteiger partial charge < -0.3 is 15.7 Å². The molecule has 1 aromatic heterocycles. The number of aromatic nitrogens is 1. The molecule has 1 heterocycles. The molecule has 1 aromatic rings. The van der Waals surface area contributed by atoms with Gasteiger partial charge in [-0.2, -0.15) is 0 Å². The number of amides is 2. The molecule has 1 unspecified atom stereocenters. The highest BCUT2D eigenvalue weighted by Gasteiger charge is 2.46. The van der Waals surface area contributed by atoms with E-state index in [0.29, 0.717) is 10.7 Å². The zero-order valence-corrected chi connectivity index (χ0v) is 11.9. The van der Waals surface area contributed by atoms with E-state index in [4.69, 9.17) is 5.11 Å². The molecule has 0 bridgehead atoms. The highest BCUT2D eigenvalue weighted by atomic mass is 32.1. The number of rotatable bonds is 4. The largest absolute Gasteiger partial charge is 0.477 e. The van der Waals surface area contributed by atoms with Crippen LogP contribution < -0.4 is 10.6 Å². The van der Waals surface area contributed by atoms with E-state index in [-0.39, 0.29) is 28.9 Å². The molecule has 7 heteroatoms. The summed E-state index contributed by atoms with van der Waals surface area (Å²) in [6.45, 7) is 6.09. The van der Waals surface area contributed by atoms with Crippen LogP contribution in [0.1, 0.15) is 40.6 Å². The minimum absolute atomic E-state index is 0.186. The molecule has 6 nitrogen and oxygen atoms in total. The molecule has 0 radical (unpaired) electrons. The quantitative estimate of drug-likeness (QED) is 0.785. The maximum absolute atomic E-state index is 11.6. The lowest BCUT2D eigenvalue weighted by atomic mass is 10.2. The Kier molecular flexibility index (Phi) is 3.49. The molecule has 3 N–H and O–H groups in total. The topological polar surface area (TPSA) is 91.3 Å². The molecule has 1 aliphatic carbocycles. The Balaban J connectivity index is 1.84. The number of carboxylic acid groups (broad SMARTS) is 1. The lowest BCUT2D eigenvalue weighted by Crippen LogP contribution is -2.37. The smallest absolute Gasteiger partial charge is 0.347 e. The van der Waals surface area contributed by atoms with Crippen LogP contribution in [-0.4, -0.2) is 28.1 Å². The summed E-state index contributed by atoms with van der Waals surface area (Å²) in [5.41, 5.74) is 0.670. The number of urea groups is 1. The standard InChI is InChI=1S/C12H17N3O3S/c1-6-9(10(16)17)19-8(14-6)5-13-11(18)15-7-4-12(7,2)3/h7H,4-5H2,1-3H3,(H,16,17)(H2,13,15,18). The molecule has 1 saturated carbocycles. The maximum atomic E-state index is 11.6. The van der Waals surface area contributed by atoms with Crippen molar-refractivity contribution in [2.45, 2.75) is 39.8 Å². The molecule has 1 aliphatic rings. The summed E-state index contributed by atoms with van der Waals surface area (Å²) in [5, 5.41) is 15.1. The number of carbonyl (C=O) groups is 2. The van der Waals surface area contributed by atoms with Crippen LogP contribution in [-0.2, 0) is 6.54 Å². The van der Waals surface area contributed by atoms with Gasteiger partial charge in [0.1, 0.15) is 9.88 Å². The van der Waals surface area contributed by atoms with E-state index in [1.165, 1.54) is 0 Å². The molecule has 0 aliphatic heterocycles. The van der Waals surface area contributed by atoms with E-state index in [1.807, 2.05) is 0 Å². The van der Waals surface area contributed by atoms with Crippen molar-refractivity contribution in [3.05, 3.63) is 15.6 Å². The maximum Gasteiger partial charge on any atom is 0.347 e. The second-order valence-electron chi connectivity index (χ2n) is 5.40. The minimum Gasteiger partial charge on any atom is -0.477 e. The molecule has 2 rings (SSSR count). The third-order valence-corrected chi connectivity index (χ3v) is 4.40. The van der Waals surface area contributed by atoms with Crippen LogP contribution in [0, 0.1) is 12.3 Å². The number of aryl methyl sites for hydroxylation is 1. The summed E-state index contributed by atoms with van der Waals surface area (Å²) in [5.74, 6) is -0.981. The molecule has 1 atom stereocenters. The first-order valence-electron chi connectivity index (χ1n) is 6.03. The number of hydrogen-bond donors (Lipinski definition) is 3. The van der Waals surface area contributed by atoms with Crippen LogP contribution >= 0.6 is 11.3 Å². The van der Waals surface area contributed by atoms with Gasteiger partial charge in [-0.25, -0.2) is 14.6 Å². The first-order valence-corrected chi connectivity index (χ1v) is 6.85. The average molecular weight is 283 g/mol. The van der Waals surface area contributed by atoms with Gasteiger partial charge in [0.15, 0.2) is 0 Å². The molecule has 0 saturated heterocycles. The Labute approximate surface area is 115 Å². The van der Waals surface area contributed by atoms with Crippen LogP contribution in [0.5, 0.6) is 0 Å². The fourth-order valence-electron chi connectivity index (χ4n) is 1.81. The van der Waals surface area contributed by atoms with Crippen molar-refractivity contribution >= 4 is 23.3 Å². The Morgan fingerprint density at radius 1 is 1.53 bits per heavy atom. The van der Waals surface area contributed by atoms with Crippen molar-refractivity contribution < 1.29 is 14.7 Å². The molecule has 0 aromatic carbocycles. The van der Waals surface area contributed by atoms with E-state index in [2.05, 4.69) is 29.5 Å². The van der Waals surface area contributed by atoms with Crippen molar-refractivity contribution in [3.63, 3.8) is 0 Å². The van der Waals surface area contributed by atoms with Gasteiger partial charge >= 0.3 is 12.0 Å². The Morgan fingerprint density at radius 3 is 2.63 bits per heavy atom. The first-order chi connectivity index (χ1) is 8.79. The van der Waals surface area contributed by atoms with Gasteiger partial charge in [0.05, 0.1) is 12.2 Å². The van der Waals surface area contributed by atoms with Crippen molar-refractivity contribution in [1.82, 2.24) is 15.6 Å². The van der Waals surface area contributed by atoms with E-state index in [0.717, 1.165) is 17.8 Å². The summed E-state index contributed by atoms with van der Waals surface area (Å²) in [4.78, 5) is 26.8. The zero-order chi connectivity index (χ0) is 14.2. The van der Waals surface area contributed by atoms with Gasteiger partial charge in [-0.1, -0.05) is 13.8 Å². The summed E-state index contributed by atoms with van der Waals surface area (Å²) >= 11 is 1.09. The summed E-state index contributed by atoms with van der Waals surface area (Å²) in [7, 11) is 0. The third-order valence-electron chi connectivity index (χ3n) is 3.25. The Hall–Kier alpha value is -1.63. The zero-order valence-electron chi connectivity index (χ0n) is 11.1. The lowest BCUT2D eigenvalue weighted by molar-refractivity contribution is 0.0701. The predicted molar refractivity (Wildman–Crippen MR) is 71.4 cm³/mol. The monoisotopic (exact) mass is 283 g/mol. The SMILES string of the molecule is Cc1nc(CNC(=O)NC2CC2(C)C)sc1C(=O)O. The summed E-state index contributed by atoms with van der Waals surface area (Å²) in [6, 6.07) is -0.0135. The Bertz CT molecular complexity index is 524. The minimum atomic E-state index is -0.981. The van der Waals surface area contributed by atoms with Crippen LogP contribution in [0.25, 0.3) is 0 Å².